The van der Waals surface area contributed by atoms with Crippen LogP contribution in [0.1, 0.15) is 19.3 Å². The Morgan fingerprint density at radius 2 is 2.05 bits per heavy atom. The fourth-order valence-electron chi connectivity index (χ4n) is 2.38. The lowest BCUT2D eigenvalue weighted by molar-refractivity contribution is 0.0504. The second kappa shape index (κ2) is 8.95. The Kier molecular flexibility index (Phi) is 6.89. The molecule has 2 amide bonds. The van der Waals surface area contributed by atoms with Crippen LogP contribution in [-0.4, -0.2) is 49.5 Å². The Hall–Kier alpha value is -1.20. The average Bonchev–Trinajstić information content (AvgIpc) is 2.55. The molecule has 0 spiro atoms. The molecular weight excluding hydrogens is 284 g/mol. The summed E-state index contributed by atoms with van der Waals surface area (Å²) in [5.74, 6) is 1.02. The lowest BCUT2D eigenvalue weighted by atomic mass is 10.1. The summed E-state index contributed by atoms with van der Waals surface area (Å²) in [6, 6.07) is 10.4. The highest BCUT2D eigenvalue weighted by molar-refractivity contribution is 7.99. The van der Waals surface area contributed by atoms with Crippen LogP contribution in [0.3, 0.4) is 0 Å². The molecule has 1 saturated heterocycles. The van der Waals surface area contributed by atoms with Crippen molar-refractivity contribution in [2.45, 2.75) is 30.3 Å². The van der Waals surface area contributed by atoms with Crippen LogP contribution in [-0.2, 0) is 4.74 Å². The van der Waals surface area contributed by atoms with Gasteiger partial charge in [-0.25, -0.2) is 4.79 Å². The van der Waals surface area contributed by atoms with Crippen LogP contribution in [0.15, 0.2) is 35.2 Å². The van der Waals surface area contributed by atoms with Crippen molar-refractivity contribution in [1.29, 1.82) is 0 Å². The molecule has 1 aromatic carbocycles. The zero-order valence-corrected chi connectivity index (χ0v) is 13.4. The number of amides is 2. The number of urea groups is 1. The molecular formula is C16H24N2O2S. The number of methoxy groups -OCH3 is 1. The van der Waals surface area contributed by atoms with Crippen LogP contribution < -0.4 is 5.32 Å². The van der Waals surface area contributed by atoms with Gasteiger partial charge in [0.1, 0.15) is 0 Å². The lowest BCUT2D eigenvalue weighted by Gasteiger charge is -2.31. The van der Waals surface area contributed by atoms with Crippen molar-refractivity contribution in [3.63, 3.8) is 0 Å². The number of rotatable bonds is 6. The van der Waals surface area contributed by atoms with Gasteiger partial charge in [-0.15, -0.1) is 11.8 Å². The fraction of sp³-hybridized carbons (Fsp3) is 0.562. The van der Waals surface area contributed by atoms with E-state index in [1.54, 1.807) is 7.11 Å². The second-order valence-electron chi connectivity index (χ2n) is 5.17. The third-order valence-electron chi connectivity index (χ3n) is 3.67. The van der Waals surface area contributed by atoms with Gasteiger partial charge in [0.2, 0.25) is 0 Å². The number of likely N-dealkylation sites (tertiary alicyclic amines) is 1. The predicted molar refractivity (Wildman–Crippen MR) is 86.8 cm³/mol. The van der Waals surface area contributed by atoms with Gasteiger partial charge in [-0.1, -0.05) is 18.2 Å². The minimum Gasteiger partial charge on any atom is -0.381 e. The summed E-state index contributed by atoms with van der Waals surface area (Å²) in [4.78, 5) is 15.2. The van der Waals surface area contributed by atoms with Crippen molar-refractivity contribution in [2.24, 2.45) is 0 Å². The third-order valence-corrected chi connectivity index (χ3v) is 4.77. The Bertz CT molecular complexity index is 420. The number of hydrogen-bond donors (Lipinski definition) is 1. The number of nitrogens with one attached hydrogen (secondary N) is 1. The summed E-state index contributed by atoms with van der Waals surface area (Å²) in [6.07, 6.45) is 3.18. The first-order valence-electron chi connectivity index (χ1n) is 7.53. The molecule has 1 aliphatic rings. The molecule has 0 atom stereocenters. The molecule has 2 rings (SSSR count). The highest BCUT2D eigenvalue weighted by Crippen LogP contribution is 2.17. The number of hydrogen-bond acceptors (Lipinski definition) is 3. The molecule has 4 nitrogen and oxygen atoms in total. The van der Waals surface area contributed by atoms with E-state index in [1.807, 2.05) is 34.9 Å². The van der Waals surface area contributed by atoms with E-state index in [1.165, 1.54) is 4.90 Å². The first-order chi connectivity index (χ1) is 10.3. The number of thioether (sulfide) groups is 1. The van der Waals surface area contributed by atoms with Crippen LogP contribution in [0.25, 0.3) is 0 Å². The highest BCUT2D eigenvalue weighted by Gasteiger charge is 2.21. The number of piperidine rings is 1. The van der Waals surface area contributed by atoms with E-state index in [4.69, 9.17) is 4.74 Å². The first kappa shape index (κ1) is 16.2. The number of carbonyl (C=O) groups is 1. The van der Waals surface area contributed by atoms with Crippen molar-refractivity contribution >= 4 is 17.8 Å². The van der Waals surface area contributed by atoms with Crippen molar-refractivity contribution in [2.75, 3.05) is 32.5 Å². The van der Waals surface area contributed by atoms with Crippen LogP contribution >= 0.6 is 11.8 Å². The molecule has 116 valence electrons. The quantitative estimate of drug-likeness (QED) is 0.649. The van der Waals surface area contributed by atoms with Crippen LogP contribution in [0.2, 0.25) is 0 Å². The van der Waals surface area contributed by atoms with E-state index in [0.29, 0.717) is 6.10 Å². The summed E-state index contributed by atoms with van der Waals surface area (Å²) in [5, 5.41) is 3.00. The Labute approximate surface area is 131 Å². The number of nitrogens with zero attached hydrogens (tertiary/aromatic N) is 1. The van der Waals surface area contributed by atoms with Gasteiger partial charge in [0, 0.05) is 31.6 Å². The van der Waals surface area contributed by atoms with Gasteiger partial charge in [-0.3, -0.25) is 0 Å². The first-order valence-corrected chi connectivity index (χ1v) is 8.51. The summed E-state index contributed by atoms with van der Waals surface area (Å²) >= 11 is 1.83. The van der Waals surface area contributed by atoms with Gasteiger partial charge in [0.25, 0.3) is 0 Å². The van der Waals surface area contributed by atoms with Gasteiger partial charge in [-0.05, 0) is 37.1 Å². The van der Waals surface area contributed by atoms with Crippen molar-refractivity contribution in [3.8, 4) is 0 Å². The maximum atomic E-state index is 12.0. The molecule has 0 aliphatic carbocycles. The van der Waals surface area contributed by atoms with Crippen LogP contribution in [0, 0.1) is 0 Å². The van der Waals surface area contributed by atoms with Gasteiger partial charge < -0.3 is 15.0 Å². The van der Waals surface area contributed by atoms with E-state index in [-0.39, 0.29) is 6.03 Å². The smallest absolute Gasteiger partial charge is 0.317 e. The molecule has 1 aliphatic heterocycles. The van der Waals surface area contributed by atoms with E-state index >= 15 is 0 Å². The average molecular weight is 308 g/mol. The number of benzene rings is 1. The van der Waals surface area contributed by atoms with Gasteiger partial charge in [0.15, 0.2) is 0 Å². The molecule has 21 heavy (non-hydrogen) atoms. The zero-order valence-electron chi connectivity index (χ0n) is 12.6. The molecule has 0 radical (unpaired) electrons. The zero-order chi connectivity index (χ0) is 14.9. The minimum atomic E-state index is 0.0641. The van der Waals surface area contributed by atoms with Crippen molar-refractivity contribution < 1.29 is 9.53 Å². The highest BCUT2D eigenvalue weighted by atomic mass is 32.2. The Balaban J connectivity index is 1.55. The van der Waals surface area contributed by atoms with E-state index in [2.05, 4.69) is 17.4 Å². The molecule has 0 aromatic heterocycles. The maximum absolute atomic E-state index is 12.0. The Morgan fingerprint density at radius 3 is 2.71 bits per heavy atom. The molecule has 1 aromatic rings. The van der Waals surface area contributed by atoms with E-state index < -0.39 is 0 Å². The van der Waals surface area contributed by atoms with Crippen molar-refractivity contribution in [1.82, 2.24) is 10.2 Å². The number of carbonyl (C=O) groups excluding carboxylic acids is 1. The summed E-state index contributed by atoms with van der Waals surface area (Å²) in [6.45, 7) is 2.33. The molecule has 5 heteroatoms. The van der Waals surface area contributed by atoms with E-state index in [9.17, 15) is 4.79 Å². The SMILES string of the molecule is COC1CCN(C(=O)NCCCSc2ccccc2)CC1. The fourth-order valence-corrected chi connectivity index (χ4v) is 3.25. The molecule has 1 heterocycles. The van der Waals surface area contributed by atoms with Gasteiger partial charge >= 0.3 is 6.03 Å². The standard InChI is InChI=1S/C16H24N2O2S/c1-20-14-8-11-18(12-9-14)16(19)17-10-5-13-21-15-6-3-2-4-7-15/h2-4,6-7,14H,5,8-13H2,1H3,(H,17,19). The van der Waals surface area contributed by atoms with Crippen LogP contribution in [0.5, 0.6) is 0 Å². The lowest BCUT2D eigenvalue weighted by Crippen LogP contribution is -2.46. The second-order valence-corrected chi connectivity index (χ2v) is 6.34. The van der Waals surface area contributed by atoms with Gasteiger partial charge in [-0.2, -0.15) is 0 Å². The summed E-state index contributed by atoms with van der Waals surface area (Å²) < 4.78 is 5.31. The Morgan fingerprint density at radius 1 is 1.33 bits per heavy atom. The molecule has 0 saturated carbocycles. The molecule has 0 unspecified atom stereocenters. The monoisotopic (exact) mass is 308 g/mol. The summed E-state index contributed by atoms with van der Waals surface area (Å²) in [5.41, 5.74) is 0. The molecule has 1 N–H and O–H groups in total. The minimum absolute atomic E-state index is 0.0641. The molecule has 1 fully saturated rings. The molecule has 0 bridgehead atoms. The van der Waals surface area contributed by atoms with Crippen molar-refractivity contribution in [3.05, 3.63) is 30.3 Å². The summed E-state index contributed by atoms with van der Waals surface area (Å²) in [7, 11) is 1.74. The predicted octanol–water partition coefficient (Wildman–Crippen LogP) is 2.99. The number of ether oxygens (including phenoxy) is 1. The topological polar surface area (TPSA) is 41.6 Å². The van der Waals surface area contributed by atoms with E-state index in [0.717, 1.165) is 44.6 Å². The normalized spacial score (nSPS) is 16.0. The third kappa shape index (κ3) is 5.59. The maximum Gasteiger partial charge on any atom is 0.317 e. The van der Waals surface area contributed by atoms with Crippen LogP contribution in [0.4, 0.5) is 4.79 Å². The largest absolute Gasteiger partial charge is 0.381 e. The van der Waals surface area contributed by atoms with Gasteiger partial charge in [0.05, 0.1) is 6.10 Å².